The molecule has 1 N–H and O–H groups in total. The molecule has 0 spiro atoms. The Morgan fingerprint density at radius 1 is 0.900 bits per heavy atom. The van der Waals surface area contributed by atoms with Gasteiger partial charge in [0.15, 0.2) is 0 Å². The van der Waals surface area contributed by atoms with Crippen LogP contribution >= 0.6 is 0 Å². The van der Waals surface area contributed by atoms with Crippen LogP contribution in [0.1, 0.15) is 17.5 Å². The number of hydrogen-bond donors (Lipinski definition) is 1. The van der Waals surface area contributed by atoms with E-state index in [1.54, 1.807) is 0 Å². The van der Waals surface area contributed by atoms with E-state index in [1.165, 1.54) is 17.5 Å². The van der Waals surface area contributed by atoms with Crippen molar-refractivity contribution in [1.82, 2.24) is 4.98 Å². The van der Waals surface area contributed by atoms with E-state index in [0.717, 1.165) is 35.0 Å². The van der Waals surface area contributed by atoms with Gasteiger partial charge in [0.25, 0.3) is 0 Å². The van der Waals surface area contributed by atoms with Gasteiger partial charge in [-0.25, -0.2) is 4.98 Å². The van der Waals surface area contributed by atoms with Crippen molar-refractivity contribution in [1.29, 1.82) is 0 Å². The molecule has 0 saturated heterocycles. The summed E-state index contributed by atoms with van der Waals surface area (Å²) in [5.74, 6) is 0.341. The van der Waals surface area contributed by atoms with Gasteiger partial charge in [-0.1, -0.05) is 24.3 Å². The minimum atomic E-state index is 0.341. The summed E-state index contributed by atoms with van der Waals surface area (Å²) in [7, 11) is 0. The van der Waals surface area contributed by atoms with Crippen LogP contribution in [0.5, 0.6) is 5.75 Å². The molecule has 2 aromatic carbocycles. The zero-order valence-electron chi connectivity index (χ0n) is 11.1. The first-order valence-electron chi connectivity index (χ1n) is 7.02. The highest BCUT2D eigenvalue weighted by Crippen LogP contribution is 2.35. The van der Waals surface area contributed by atoms with Gasteiger partial charge in [0.05, 0.1) is 11.2 Å². The van der Waals surface area contributed by atoms with E-state index in [9.17, 15) is 5.11 Å². The number of phenols is 1. The highest BCUT2D eigenvalue weighted by molar-refractivity contribution is 5.82. The lowest BCUT2D eigenvalue weighted by Gasteiger charge is -2.08. The first-order valence-corrected chi connectivity index (χ1v) is 7.02. The smallest absolute Gasteiger partial charge is 0.125 e. The van der Waals surface area contributed by atoms with Gasteiger partial charge in [-0.05, 0) is 54.7 Å². The van der Waals surface area contributed by atoms with Crippen LogP contribution in [-0.4, -0.2) is 10.1 Å². The average Bonchev–Trinajstić information content (AvgIpc) is 2.93. The van der Waals surface area contributed by atoms with Gasteiger partial charge in [0, 0.05) is 10.9 Å². The molecule has 1 aliphatic carbocycles. The number of fused-ring (bicyclic) bond motifs is 2. The second-order valence-electron chi connectivity index (χ2n) is 5.38. The van der Waals surface area contributed by atoms with Gasteiger partial charge >= 0.3 is 0 Å². The normalized spacial score (nSPS) is 13.6. The fourth-order valence-corrected chi connectivity index (χ4v) is 3.03. The Balaban J connectivity index is 1.90. The number of aryl methyl sites for hydroxylation is 2. The minimum absolute atomic E-state index is 0.341. The molecule has 98 valence electrons. The molecule has 1 aromatic heterocycles. The van der Waals surface area contributed by atoms with Crippen LogP contribution < -0.4 is 0 Å². The van der Waals surface area contributed by atoms with Crippen LogP contribution in [-0.2, 0) is 12.8 Å². The maximum Gasteiger partial charge on any atom is 0.125 e. The van der Waals surface area contributed by atoms with Crippen molar-refractivity contribution < 1.29 is 5.11 Å². The molecule has 0 saturated carbocycles. The van der Waals surface area contributed by atoms with Crippen LogP contribution in [0.4, 0.5) is 0 Å². The lowest BCUT2D eigenvalue weighted by molar-refractivity contribution is 0.476. The highest BCUT2D eigenvalue weighted by Gasteiger charge is 2.16. The number of hydrogen-bond acceptors (Lipinski definition) is 2. The maximum atomic E-state index is 10.3. The van der Waals surface area contributed by atoms with Crippen molar-refractivity contribution in [3.05, 3.63) is 59.7 Å². The Hall–Kier alpha value is -2.35. The maximum absolute atomic E-state index is 10.3. The van der Waals surface area contributed by atoms with Crippen molar-refractivity contribution in [3.8, 4) is 17.0 Å². The molecule has 1 aliphatic rings. The topological polar surface area (TPSA) is 33.1 Å². The lowest BCUT2D eigenvalue weighted by Crippen LogP contribution is -1.89. The SMILES string of the molecule is Oc1cc2c(cc1-c1ccc3ccccc3n1)CCC2. The van der Waals surface area contributed by atoms with Crippen LogP contribution in [0.3, 0.4) is 0 Å². The number of aromatic nitrogens is 1. The largest absolute Gasteiger partial charge is 0.507 e. The third-order valence-corrected chi connectivity index (χ3v) is 4.08. The van der Waals surface area contributed by atoms with Gasteiger partial charge in [-0.15, -0.1) is 0 Å². The van der Waals surface area contributed by atoms with Crippen molar-refractivity contribution in [2.45, 2.75) is 19.3 Å². The molecular weight excluding hydrogens is 246 g/mol. The molecule has 0 bridgehead atoms. The van der Waals surface area contributed by atoms with Crippen LogP contribution in [0, 0.1) is 0 Å². The van der Waals surface area contributed by atoms with Crippen molar-refractivity contribution in [2.24, 2.45) is 0 Å². The average molecular weight is 261 g/mol. The summed E-state index contributed by atoms with van der Waals surface area (Å²) in [5.41, 5.74) is 5.29. The lowest BCUT2D eigenvalue weighted by atomic mass is 10.0. The van der Waals surface area contributed by atoms with Crippen molar-refractivity contribution >= 4 is 10.9 Å². The van der Waals surface area contributed by atoms with E-state index < -0.39 is 0 Å². The Morgan fingerprint density at radius 3 is 2.60 bits per heavy atom. The molecule has 0 aliphatic heterocycles. The van der Waals surface area contributed by atoms with Crippen LogP contribution in [0.2, 0.25) is 0 Å². The quantitative estimate of drug-likeness (QED) is 0.715. The Kier molecular flexibility index (Phi) is 2.49. The number of phenolic OH excluding ortho intramolecular Hbond substituents is 1. The number of rotatable bonds is 1. The zero-order valence-corrected chi connectivity index (χ0v) is 11.1. The van der Waals surface area contributed by atoms with Gasteiger partial charge in [-0.2, -0.15) is 0 Å². The van der Waals surface area contributed by atoms with Gasteiger partial charge in [0.1, 0.15) is 5.75 Å². The summed E-state index contributed by atoms with van der Waals surface area (Å²) >= 11 is 0. The van der Waals surface area contributed by atoms with E-state index in [1.807, 2.05) is 30.3 Å². The van der Waals surface area contributed by atoms with E-state index >= 15 is 0 Å². The van der Waals surface area contributed by atoms with Gasteiger partial charge in [0.2, 0.25) is 0 Å². The predicted octanol–water partition coefficient (Wildman–Crippen LogP) is 4.10. The number of pyridine rings is 1. The third kappa shape index (κ3) is 1.76. The molecule has 0 atom stereocenters. The fourth-order valence-electron chi connectivity index (χ4n) is 3.03. The summed E-state index contributed by atoms with van der Waals surface area (Å²) in [6, 6.07) is 16.1. The van der Waals surface area contributed by atoms with Crippen molar-refractivity contribution in [2.75, 3.05) is 0 Å². The first kappa shape index (κ1) is 11.5. The number of benzene rings is 2. The number of para-hydroxylation sites is 1. The molecule has 2 nitrogen and oxygen atoms in total. The van der Waals surface area contributed by atoms with Gasteiger partial charge in [-0.3, -0.25) is 0 Å². The molecule has 20 heavy (non-hydrogen) atoms. The molecule has 0 fully saturated rings. The van der Waals surface area contributed by atoms with E-state index in [0.29, 0.717) is 5.75 Å². The Morgan fingerprint density at radius 2 is 1.70 bits per heavy atom. The summed E-state index contributed by atoms with van der Waals surface area (Å²) < 4.78 is 0. The molecule has 0 radical (unpaired) electrons. The second kappa shape index (κ2) is 4.34. The summed E-state index contributed by atoms with van der Waals surface area (Å²) in [4.78, 5) is 4.67. The molecular formula is C18H15NO. The molecule has 2 heteroatoms. The monoisotopic (exact) mass is 261 g/mol. The molecule has 0 amide bonds. The fraction of sp³-hybridized carbons (Fsp3) is 0.167. The molecule has 3 aromatic rings. The van der Waals surface area contributed by atoms with E-state index in [4.69, 9.17) is 0 Å². The standard InChI is InChI=1S/C18H15NO/c20-18-11-14-6-3-5-13(14)10-15(18)17-9-8-12-4-1-2-7-16(12)19-17/h1-2,4,7-11,20H,3,5-6H2. The predicted molar refractivity (Wildman–Crippen MR) is 80.9 cm³/mol. The highest BCUT2D eigenvalue weighted by atomic mass is 16.3. The summed E-state index contributed by atoms with van der Waals surface area (Å²) in [5, 5.41) is 11.4. The van der Waals surface area contributed by atoms with Crippen molar-refractivity contribution in [3.63, 3.8) is 0 Å². The second-order valence-corrected chi connectivity index (χ2v) is 5.38. The van der Waals surface area contributed by atoms with E-state index in [-0.39, 0.29) is 0 Å². The Labute approximate surface area is 117 Å². The van der Waals surface area contributed by atoms with E-state index in [2.05, 4.69) is 23.2 Å². The first-order chi connectivity index (χ1) is 9.81. The summed E-state index contributed by atoms with van der Waals surface area (Å²) in [6.45, 7) is 0. The summed E-state index contributed by atoms with van der Waals surface area (Å²) in [6.07, 6.45) is 3.37. The van der Waals surface area contributed by atoms with Crippen LogP contribution in [0.15, 0.2) is 48.5 Å². The zero-order chi connectivity index (χ0) is 13.5. The molecule has 4 rings (SSSR count). The Bertz CT molecular complexity index is 808. The van der Waals surface area contributed by atoms with Crippen LogP contribution in [0.25, 0.3) is 22.2 Å². The number of nitrogens with zero attached hydrogens (tertiary/aromatic N) is 1. The minimum Gasteiger partial charge on any atom is -0.507 e. The molecule has 1 heterocycles. The number of aromatic hydroxyl groups is 1. The molecule has 0 unspecified atom stereocenters. The van der Waals surface area contributed by atoms with Gasteiger partial charge < -0.3 is 5.11 Å². The third-order valence-electron chi connectivity index (χ3n) is 4.08.